The maximum atomic E-state index is 12.7. The van der Waals surface area contributed by atoms with Crippen molar-refractivity contribution in [1.82, 2.24) is 4.90 Å². The molecule has 1 saturated heterocycles. The van der Waals surface area contributed by atoms with Gasteiger partial charge in [-0.3, -0.25) is 9.59 Å². The number of likely N-dealkylation sites (tertiary alicyclic amines) is 1. The molecular weight excluding hydrogens is 406 g/mol. The van der Waals surface area contributed by atoms with E-state index in [2.05, 4.69) is 10.6 Å². The maximum absolute atomic E-state index is 12.7. The van der Waals surface area contributed by atoms with Crippen molar-refractivity contribution in [3.8, 4) is 5.75 Å². The summed E-state index contributed by atoms with van der Waals surface area (Å²) in [6, 6.07) is 14.6. The zero-order chi connectivity index (χ0) is 22.6. The molecule has 172 valence electrons. The summed E-state index contributed by atoms with van der Waals surface area (Å²) in [7, 11) is 0. The molecule has 0 aliphatic carbocycles. The highest BCUT2D eigenvalue weighted by Crippen LogP contribution is 2.23. The Labute approximate surface area is 190 Å². The third kappa shape index (κ3) is 7.27. The zero-order valence-electron chi connectivity index (χ0n) is 18.8. The highest BCUT2D eigenvalue weighted by atomic mass is 16.5. The van der Waals surface area contributed by atoms with Crippen molar-refractivity contribution in [2.45, 2.75) is 32.6 Å². The van der Waals surface area contributed by atoms with Crippen LogP contribution >= 0.6 is 0 Å². The second-order valence-corrected chi connectivity index (χ2v) is 7.73. The number of nitrogens with zero attached hydrogens (tertiary/aromatic N) is 1. The number of rotatable bonds is 10. The minimum absolute atomic E-state index is 0.0624. The first-order valence-corrected chi connectivity index (χ1v) is 11.4. The molecule has 32 heavy (non-hydrogen) atoms. The lowest BCUT2D eigenvalue weighted by Crippen LogP contribution is -2.31. The normalized spacial score (nSPS) is 13.8. The maximum Gasteiger partial charge on any atom is 0.253 e. The van der Waals surface area contributed by atoms with Crippen LogP contribution < -0.4 is 15.4 Å². The van der Waals surface area contributed by atoms with E-state index < -0.39 is 0 Å². The van der Waals surface area contributed by atoms with E-state index in [4.69, 9.17) is 9.47 Å². The number of anilines is 2. The summed E-state index contributed by atoms with van der Waals surface area (Å²) in [6.07, 6.45) is 4.50. The predicted octanol–water partition coefficient (Wildman–Crippen LogP) is 4.17. The smallest absolute Gasteiger partial charge is 0.253 e. The predicted molar refractivity (Wildman–Crippen MR) is 126 cm³/mol. The first kappa shape index (κ1) is 23.6. The Morgan fingerprint density at radius 3 is 2.38 bits per heavy atom. The van der Waals surface area contributed by atoms with Gasteiger partial charge in [-0.15, -0.1) is 0 Å². The molecule has 7 nitrogen and oxygen atoms in total. The second kappa shape index (κ2) is 12.7. The lowest BCUT2D eigenvalue weighted by molar-refractivity contribution is -0.114. The monoisotopic (exact) mass is 439 g/mol. The number of hydrogen-bond acceptors (Lipinski definition) is 5. The Morgan fingerprint density at radius 2 is 1.66 bits per heavy atom. The van der Waals surface area contributed by atoms with Crippen LogP contribution in [0.4, 0.5) is 11.4 Å². The van der Waals surface area contributed by atoms with Gasteiger partial charge in [-0.05, 0) is 56.2 Å². The van der Waals surface area contributed by atoms with Crippen LogP contribution in [0.1, 0.15) is 43.0 Å². The minimum Gasteiger partial charge on any atom is -0.489 e. The van der Waals surface area contributed by atoms with E-state index in [1.54, 1.807) is 24.3 Å². The van der Waals surface area contributed by atoms with Gasteiger partial charge in [0.25, 0.3) is 5.91 Å². The number of para-hydroxylation sites is 2. The van der Waals surface area contributed by atoms with Gasteiger partial charge >= 0.3 is 0 Å². The largest absolute Gasteiger partial charge is 0.489 e. The molecule has 1 aliphatic rings. The fraction of sp³-hybridized carbons (Fsp3) is 0.440. The molecule has 0 aromatic heterocycles. The Bertz CT molecular complexity index is 862. The highest BCUT2D eigenvalue weighted by Gasteiger charge is 2.17. The standard InChI is InChI=1S/C25H33N3O4/c1-2-31-17-18-32-23-10-6-5-9-22(23)26-19-24(29)27-21-13-11-20(12-14-21)25(30)28-15-7-3-4-8-16-28/h5-6,9-14,26H,2-4,7-8,15-19H2,1H3,(H,27,29). The molecule has 2 aromatic rings. The van der Waals surface area contributed by atoms with Crippen LogP contribution in [0, 0.1) is 0 Å². The number of nitrogens with one attached hydrogen (secondary N) is 2. The van der Waals surface area contributed by atoms with Gasteiger partial charge in [0.1, 0.15) is 12.4 Å². The van der Waals surface area contributed by atoms with Gasteiger partial charge in [0.15, 0.2) is 0 Å². The van der Waals surface area contributed by atoms with Gasteiger partial charge in [-0.2, -0.15) is 0 Å². The molecule has 0 spiro atoms. The van der Waals surface area contributed by atoms with Crippen LogP contribution in [0.2, 0.25) is 0 Å². The first-order chi connectivity index (χ1) is 15.7. The minimum atomic E-state index is -0.180. The molecule has 2 aromatic carbocycles. The fourth-order valence-corrected chi connectivity index (χ4v) is 3.63. The van der Waals surface area contributed by atoms with E-state index in [1.165, 1.54) is 12.8 Å². The summed E-state index contributed by atoms with van der Waals surface area (Å²) < 4.78 is 11.0. The van der Waals surface area contributed by atoms with Gasteiger partial charge in [0.05, 0.1) is 18.8 Å². The van der Waals surface area contributed by atoms with Crippen LogP contribution in [0.3, 0.4) is 0 Å². The molecule has 2 amide bonds. The SMILES string of the molecule is CCOCCOc1ccccc1NCC(=O)Nc1ccc(C(=O)N2CCCCCC2)cc1. The Kier molecular flexibility index (Phi) is 9.37. The molecule has 0 unspecified atom stereocenters. The molecule has 2 N–H and O–H groups in total. The van der Waals surface area contributed by atoms with Crippen LogP contribution in [0.5, 0.6) is 5.75 Å². The summed E-state index contributed by atoms with van der Waals surface area (Å²) in [5.74, 6) is 0.560. The highest BCUT2D eigenvalue weighted by molar-refractivity contribution is 5.96. The number of hydrogen-bond donors (Lipinski definition) is 2. The van der Waals surface area contributed by atoms with E-state index >= 15 is 0 Å². The summed E-state index contributed by atoms with van der Waals surface area (Å²) in [4.78, 5) is 27.0. The molecule has 1 aliphatic heterocycles. The van der Waals surface area contributed by atoms with Crippen molar-refractivity contribution >= 4 is 23.2 Å². The summed E-state index contributed by atoms with van der Waals surface area (Å²) in [5.41, 5.74) is 2.06. The van der Waals surface area contributed by atoms with E-state index in [1.807, 2.05) is 36.1 Å². The zero-order valence-corrected chi connectivity index (χ0v) is 18.8. The number of carbonyl (C=O) groups is 2. The third-order valence-corrected chi connectivity index (χ3v) is 5.32. The van der Waals surface area contributed by atoms with Crippen LogP contribution in [0.25, 0.3) is 0 Å². The Balaban J connectivity index is 1.48. The molecule has 0 bridgehead atoms. The van der Waals surface area contributed by atoms with Crippen molar-refractivity contribution in [2.75, 3.05) is 50.1 Å². The van der Waals surface area contributed by atoms with Crippen LogP contribution in [-0.4, -0.2) is 56.2 Å². The summed E-state index contributed by atoms with van der Waals surface area (Å²) >= 11 is 0. The Hall–Kier alpha value is -3.06. The number of benzene rings is 2. The van der Waals surface area contributed by atoms with Crippen LogP contribution in [-0.2, 0) is 9.53 Å². The lowest BCUT2D eigenvalue weighted by atomic mass is 10.1. The van der Waals surface area contributed by atoms with Crippen molar-refractivity contribution in [1.29, 1.82) is 0 Å². The Morgan fingerprint density at radius 1 is 0.938 bits per heavy atom. The quantitative estimate of drug-likeness (QED) is 0.543. The molecule has 3 rings (SSSR count). The van der Waals surface area contributed by atoms with E-state index in [0.29, 0.717) is 36.8 Å². The molecule has 1 heterocycles. The van der Waals surface area contributed by atoms with Crippen molar-refractivity contribution in [3.63, 3.8) is 0 Å². The average molecular weight is 440 g/mol. The second-order valence-electron chi connectivity index (χ2n) is 7.73. The van der Waals surface area contributed by atoms with Gasteiger partial charge in [-0.1, -0.05) is 25.0 Å². The van der Waals surface area contributed by atoms with E-state index in [9.17, 15) is 9.59 Å². The summed E-state index contributed by atoms with van der Waals surface area (Å²) in [6.45, 7) is 5.29. The molecule has 7 heteroatoms. The van der Waals surface area contributed by atoms with Crippen LogP contribution in [0.15, 0.2) is 48.5 Å². The molecule has 0 atom stereocenters. The molecular formula is C25H33N3O4. The average Bonchev–Trinajstić information content (AvgIpc) is 3.11. The van der Waals surface area contributed by atoms with Gasteiger partial charge in [0, 0.05) is 30.9 Å². The fourth-order valence-electron chi connectivity index (χ4n) is 3.63. The van der Waals surface area contributed by atoms with Gasteiger partial charge < -0.3 is 25.0 Å². The topological polar surface area (TPSA) is 79.9 Å². The lowest BCUT2D eigenvalue weighted by Gasteiger charge is -2.20. The van der Waals surface area contributed by atoms with Gasteiger partial charge in [0.2, 0.25) is 5.91 Å². The molecule has 0 radical (unpaired) electrons. The first-order valence-electron chi connectivity index (χ1n) is 11.4. The van der Waals surface area contributed by atoms with Crippen molar-refractivity contribution in [2.24, 2.45) is 0 Å². The number of amides is 2. The number of ether oxygens (including phenoxy) is 2. The summed E-state index contributed by atoms with van der Waals surface area (Å²) in [5, 5.41) is 5.97. The van der Waals surface area contributed by atoms with E-state index in [0.717, 1.165) is 31.6 Å². The number of carbonyl (C=O) groups excluding carboxylic acids is 2. The van der Waals surface area contributed by atoms with E-state index in [-0.39, 0.29) is 18.4 Å². The third-order valence-electron chi connectivity index (χ3n) is 5.32. The van der Waals surface area contributed by atoms with Crippen molar-refractivity contribution in [3.05, 3.63) is 54.1 Å². The molecule has 0 saturated carbocycles. The molecule has 1 fully saturated rings. The van der Waals surface area contributed by atoms with Crippen molar-refractivity contribution < 1.29 is 19.1 Å². The van der Waals surface area contributed by atoms with Gasteiger partial charge in [-0.25, -0.2) is 0 Å².